The SMILES string of the molecule is C[C@H](Sc1ccccc1)C(=O)N(C)Cc1ccc(Cl)cc1. The summed E-state index contributed by atoms with van der Waals surface area (Å²) in [5.74, 6) is 0.124. The van der Waals surface area contributed by atoms with Crippen molar-refractivity contribution < 1.29 is 4.79 Å². The summed E-state index contributed by atoms with van der Waals surface area (Å²) in [4.78, 5) is 15.3. The number of benzene rings is 2. The van der Waals surface area contributed by atoms with Crippen molar-refractivity contribution in [3.8, 4) is 0 Å². The van der Waals surface area contributed by atoms with Gasteiger partial charge in [-0.1, -0.05) is 41.9 Å². The molecule has 2 aromatic carbocycles. The first-order valence-corrected chi connectivity index (χ1v) is 8.03. The topological polar surface area (TPSA) is 20.3 Å². The van der Waals surface area contributed by atoms with Crippen molar-refractivity contribution in [3.63, 3.8) is 0 Å². The summed E-state index contributed by atoms with van der Waals surface area (Å²) >= 11 is 7.45. The Kier molecular flexibility index (Phi) is 5.71. The van der Waals surface area contributed by atoms with Crippen LogP contribution in [0.4, 0.5) is 0 Å². The van der Waals surface area contributed by atoms with Crippen LogP contribution < -0.4 is 0 Å². The zero-order valence-corrected chi connectivity index (χ0v) is 13.7. The minimum absolute atomic E-state index is 0.107. The fraction of sp³-hybridized carbons (Fsp3) is 0.235. The molecule has 0 bridgehead atoms. The standard InChI is InChI=1S/C17H18ClNOS/c1-13(21-16-6-4-3-5-7-16)17(20)19(2)12-14-8-10-15(18)11-9-14/h3-11,13H,12H2,1-2H3/t13-/m0/s1. The molecule has 0 spiro atoms. The van der Waals surface area contributed by atoms with Gasteiger partial charge in [0.25, 0.3) is 0 Å². The van der Waals surface area contributed by atoms with E-state index < -0.39 is 0 Å². The largest absolute Gasteiger partial charge is 0.340 e. The van der Waals surface area contributed by atoms with Crippen LogP contribution >= 0.6 is 23.4 Å². The quantitative estimate of drug-likeness (QED) is 0.757. The Morgan fingerprint density at radius 3 is 2.38 bits per heavy atom. The third-order valence-corrected chi connectivity index (χ3v) is 4.46. The molecule has 0 saturated heterocycles. The minimum atomic E-state index is -0.107. The van der Waals surface area contributed by atoms with E-state index in [4.69, 9.17) is 11.6 Å². The van der Waals surface area contributed by atoms with E-state index >= 15 is 0 Å². The number of amides is 1. The van der Waals surface area contributed by atoms with Gasteiger partial charge in [-0.15, -0.1) is 11.8 Å². The first kappa shape index (κ1) is 15.9. The van der Waals surface area contributed by atoms with E-state index in [0.29, 0.717) is 11.6 Å². The normalized spacial score (nSPS) is 12.0. The maximum absolute atomic E-state index is 12.4. The van der Waals surface area contributed by atoms with Crippen LogP contribution in [0.25, 0.3) is 0 Å². The Hall–Kier alpha value is -1.45. The predicted octanol–water partition coefficient (Wildman–Crippen LogP) is 4.48. The molecule has 2 rings (SSSR count). The van der Waals surface area contributed by atoms with Crippen molar-refractivity contribution in [1.82, 2.24) is 4.90 Å². The van der Waals surface area contributed by atoms with Crippen molar-refractivity contribution in [2.75, 3.05) is 7.05 Å². The molecule has 0 unspecified atom stereocenters. The van der Waals surface area contributed by atoms with Gasteiger partial charge in [0, 0.05) is 23.5 Å². The molecule has 2 aromatic rings. The van der Waals surface area contributed by atoms with Crippen LogP contribution in [0.5, 0.6) is 0 Å². The van der Waals surface area contributed by atoms with E-state index in [-0.39, 0.29) is 11.2 Å². The number of nitrogens with zero attached hydrogens (tertiary/aromatic N) is 1. The van der Waals surface area contributed by atoms with E-state index in [1.54, 1.807) is 16.7 Å². The van der Waals surface area contributed by atoms with E-state index in [1.165, 1.54) is 0 Å². The van der Waals surface area contributed by atoms with Gasteiger partial charge < -0.3 is 4.90 Å². The molecule has 0 aliphatic carbocycles. The third kappa shape index (κ3) is 4.80. The molecule has 0 aliphatic rings. The lowest BCUT2D eigenvalue weighted by Crippen LogP contribution is -2.32. The second-order valence-corrected chi connectivity index (χ2v) is 6.74. The van der Waals surface area contributed by atoms with Gasteiger partial charge in [-0.05, 0) is 36.8 Å². The Bertz CT molecular complexity index is 585. The predicted molar refractivity (Wildman–Crippen MR) is 89.7 cm³/mol. The highest BCUT2D eigenvalue weighted by Crippen LogP contribution is 2.24. The molecule has 0 saturated carbocycles. The molecule has 0 aromatic heterocycles. The number of thioether (sulfide) groups is 1. The zero-order chi connectivity index (χ0) is 15.2. The van der Waals surface area contributed by atoms with Gasteiger partial charge in [-0.2, -0.15) is 0 Å². The summed E-state index contributed by atoms with van der Waals surface area (Å²) in [6.07, 6.45) is 0. The molecule has 0 heterocycles. The number of hydrogen-bond donors (Lipinski definition) is 0. The van der Waals surface area contributed by atoms with Gasteiger partial charge in [0.15, 0.2) is 0 Å². The smallest absolute Gasteiger partial charge is 0.235 e. The molecule has 1 amide bonds. The Morgan fingerprint density at radius 1 is 1.14 bits per heavy atom. The zero-order valence-electron chi connectivity index (χ0n) is 12.1. The molecule has 2 nitrogen and oxygen atoms in total. The summed E-state index contributed by atoms with van der Waals surface area (Å²) < 4.78 is 0. The number of halogens is 1. The average molecular weight is 320 g/mol. The van der Waals surface area contributed by atoms with E-state index in [2.05, 4.69) is 0 Å². The summed E-state index contributed by atoms with van der Waals surface area (Å²) in [5.41, 5.74) is 1.08. The van der Waals surface area contributed by atoms with Crippen molar-refractivity contribution in [2.45, 2.75) is 23.6 Å². The van der Waals surface area contributed by atoms with Gasteiger partial charge in [0.2, 0.25) is 5.91 Å². The van der Waals surface area contributed by atoms with Crippen LogP contribution in [0.15, 0.2) is 59.5 Å². The third-order valence-electron chi connectivity index (χ3n) is 3.11. The molecule has 4 heteroatoms. The van der Waals surface area contributed by atoms with E-state index in [0.717, 1.165) is 10.5 Å². The fourth-order valence-electron chi connectivity index (χ4n) is 2.01. The molecule has 0 N–H and O–H groups in total. The molecular formula is C17H18ClNOS. The van der Waals surface area contributed by atoms with Crippen LogP contribution in [-0.2, 0) is 11.3 Å². The molecule has 110 valence electrons. The maximum atomic E-state index is 12.4. The molecular weight excluding hydrogens is 302 g/mol. The highest BCUT2D eigenvalue weighted by molar-refractivity contribution is 8.00. The molecule has 21 heavy (non-hydrogen) atoms. The number of carbonyl (C=O) groups excluding carboxylic acids is 1. The van der Waals surface area contributed by atoms with Crippen molar-refractivity contribution in [3.05, 3.63) is 65.2 Å². The first-order chi connectivity index (χ1) is 10.1. The van der Waals surface area contributed by atoms with Crippen molar-refractivity contribution in [2.24, 2.45) is 0 Å². The Balaban J connectivity index is 1.93. The average Bonchev–Trinajstić information content (AvgIpc) is 2.49. The van der Waals surface area contributed by atoms with Crippen molar-refractivity contribution >= 4 is 29.3 Å². The Morgan fingerprint density at radius 2 is 1.76 bits per heavy atom. The van der Waals surface area contributed by atoms with Gasteiger partial charge in [-0.3, -0.25) is 4.79 Å². The van der Waals surface area contributed by atoms with Gasteiger partial charge in [-0.25, -0.2) is 0 Å². The van der Waals surface area contributed by atoms with Gasteiger partial charge in [0.1, 0.15) is 0 Å². The second-order valence-electron chi connectivity index (χ2n) is 4.89. The number of carbonyl (C=O) groups is 1. The van der Waals surface area contributed by atoms with Crippen LogP contribution in [0.2, 0.25) is 5.02 Å². The van der Waals surface area contributed by atoms with E-state index in [9.17, 15) is 4.79 Å². The Labute approximate surface area is 135 Å². The summed E-state index contributed by atoms with van der Waals surface area (Å²) in [7, 11) is 1.83. The summed E-state index contributed by atoms with van der Waals surface area (Å²) in [5, 5.41) is 0.602. The lowest BCUT2D eigenvalue weighted by Gasteiger charge is -2.21. The van der Waals surface area contributed by atoms with Crippen LogP contribution in [0, 0.1) is 0 Å². The minimum Gasteiger partial charge on any atom is -0.340 e. The molecule has 0 fully saturated rings. The van der Waals surface area contributed by atoms with Crippen LogP contribution in [0.1, 0.15) is 12.5 Å². The summed E-state index contributed by atoms with van der Waals surface area (Å²) in [6, 6.07) is 17.6. The number of rotatable bonds is 5. The molecule has 0 radical (unpaired) electrons. The number of hydrogen-bond acceptors (Lipinski definition) is 2. The van der Waals surface area contributed by atoms with Crippen LogP contribution in [-0.4, -0.2) is 23.1 Å². The summed E-state index contributed by atoms with van der Waals surface area (Å²) in [6.45, 7) is 2.54. The highest BCUT2D eigenvalue weighted by atomic mass is 35.5. The lowest BCUT2D eigenvalue weighted by atomic mass is 10.2. The fourth-order valence-corrected chi connectivity index (χ4v) is 3.13. The van der Waals surface area contributed by atoms with Crippen LogP contribution in [0.3, 0.4) is 0 Å². The second kappa shape index (κ2) is 7.53. The lowest BCUT2D eigenvalue weighted by molar-refractivity contribution is -0.129. The maximum Gasteiger partial charge on any atom is 0.235 e. The molecule has 1 atom stereocenters. The van der Waals surface area contributed by atoms with Gasteiger partial charge in [0.05, 0.1) is 5.25 Å². The highest BCUT2D eigenvalue weighted by Gasteiger charge is 2.18. The monoisotopic (exact) mass is 319 g/mol. The van der Waals surface area contributed by atoms with E-state index in [1.807, 2.05) is 68.6 Å². The molecule has 0 aliphatic heterocycles. The van der Waals surface area contributed by atoms with Crippen molar-refractivity contribution in [1.29, 1.82) is 0 Å². The first-order valence-electron chi connectivity index (χ1n) is 6.77. The van der Waals surface area contributed by atoms with Gasteiger partial charge >= 0.3 is 0 Å².